The highest BCUT2D eigenvalue weighted by Gasteiger charge is 2.19. The predicted molar refractivity (Wildman–Crippen MR) is 67.2 cm³/mol. The van der Waals surface area contributed by atoms with E-state index in [1.807, 2.05) is 11.8 Å². The number of halogens is 2. The van der Waals surface area contributed by atoms with Crippen molar-refractivity contribution in [1.29, 1.82) is 0 Å². The zero-order chi connectivity index (χ0) is 13.1. The number of anilines is 1. The Morgan fingerprint density at radius 3 is 2.83 bits per heavy atom. The van der Waals surface area contributed by atoms with E-state index in [1.54, 1.807) is 0 Å². The van der Waals surface area contributed by atoms with Crippen LogP contribution >= 0.6 is 11.8 Å². The summed E-state index contributed by atoms with van der Waals surface area (Å²) in [6, 6.07) is 2.34. The predicted octanol–water partition coefficient (Wildman–Crippen LogP) is 2.83. The fourth-order valence-electron chi connectivity index (χ4n) is 1.85. The number of aromatic carboxylic acids is 1. The van der Waals surface area contributed by atoms with Gasteiger partial charge >= 0.3 is 5.97 Å². The third-order valence-electron chi connectivity index (χ3n) is 2.92. The first-order valence-corrected chi connectivity index (χ1v) is 6.78. The molecular weight excluding hydrogens is 260 g/mol. The van der Waals surface area contributed by atoms with Crippen LogP contribution in [0.1, 0.15) is 16.8 Å². The van der Waals surface area contributed by atoms with Gasteiger partial charge in [-0.3, -0.25) is 0 Å². The summed E-state index contributed by atoms with van der Waals surface area (Å²) in [6.45, 7) is 0.579. The number of carbonyl (C=O) groups is 1. The van der Waals surface area contributed by atoms with Crippen molar-refractivity contribution in [3.8, 4) is 0 Å². The molecule has 1 heterocycles. The van der Waals surface area contributed by atoms with Gasteiger partial charge in [0, 0.05) is 6.54 Å². The number of nitrogens with one attached hydrogen (secondary N) is 1. The molecule has 6 heteroatoms. The first-order chi connectivity index (χ1) is 8.59. The van der Waals surface area contributed by atoms with E-state index >= 15 is 0 Å². The van der Waals surface area contributed by atoms with E-state index in [4.69, 9.17) is 5.11 Å². The fourth-order valence-corrected chi connectivity index (χ4v) is 3.13. The summed E-state index contributed by atoms with van der Waals surface area (Å²) in [6.07, 6.45) is 1.06. The maximum atomic E-state index is 13.6. The Balaban J connectivity index is 2.09. The smallest absolute Gasteiger partial charge is 0.338 e. The molecule has 1 aromatic rings. The molecule has 0 amide bonds. The Labute approximate surface area is 108 Å². The molecule has 1 unspecified atom stereocenters. The van der Waals surface area contributed by atoms with Crippen LogP contribution in [0.15, 0.2) is 12.1 Å². The van der Waals surface area contributed by atoms with Crippen molar-refractivity contribution in [2.45, 2.75) is 6.42 Å². The molecule has 0 bridgehead atoms. The Hall–Kier alpha value is -1.30. The van der Waals surface area contributed by atoms with Gasteiger partial charge in [0.05, 0.1) is 11.3 Å². The van der Waals surface area contributed by atoms with Gasteiger partial charge < -0.3 is 10.4 Å². The minimum absolute atomic E-state index is 0.0226. The molecule has 1 aromatic carbocycles. The molecular formula is C12H13F2NO2S. The number of thioether (sulfide) groups is 1. The highest BCUT2D eigenvalue weighted by Crippen LogP contribution is 2.25. The molecule has 0 aliphatic carbocycles. The summed E-state index contributed by atoms with van der Waals surface area (Å²) < 4.78 is 27.0. The Morgan fingerprint density at radius 2 is 2.22 bits per heavy atom. The fraction of sp³-hybridized carbons (Fsp3) is 0.417. The Kier molecular flexibility index (Phi) is 4.06. The van der Waals surface area contributed by atoms with Crippen molar-refractivity contribution in [1.82, 2.24) is 0 Å². The minimum atomic E-state index is -1.47. The number of carboxylic acid groups (broad SMARTS) is 1. The van der Waals surface area contributed by atoms with E-state index in [9.17, 15) is 13.6 Å². The quantitative estimate of drug-likeness (QED) is 0.885. The van der Waals surface area contributed by atoms with Crippen LogP contribution in [0, 0.1) is 17.6 Å². The Bertz CT molecular complexity index is 462. The highest BCUT2D eigenvalue weighted by atomic mass is 32.2. The molecule has 1 aliphatic rings. The second kappa shape index (κ2) is 5.56. The van der Waals surface area contributed by atoms with Crippen LogP contribution in [0.2, 0.25) is 0 Å². The maximum absolute atomic E-state index is 13.6. The topological polar surface area (TPSA) is 49.3 Å². The van der Waals surface area contributed by atoms with Crippen molar-refractivity contribution in [3.63, 3.8) is 0 Å². The SMILES string of the molecule is O=C(O)c1ccc(NCC2CCSC2)c(F)c1F. The molecule has 0 radical (unpaired) electrons. The summed E-state index contributed by atoms with van der Waals surface area (Å²) >= 11 is 1.85. The van der Waals surface area contributed by atoms with Gasteiger partial charge in [-0.05, 0) is 36.0 Å². The molecule has 2 N–H and O–H groups in total. The second-order valence-electron chi connectivity index (χ2n) is 4.20. The van der Waals surface area contributed by atoms with Gasteiger partial charge in [-0.2, -0.15) is 11.8 Å². The highest BCUT2D eigenvalue weighted by molar-refractivity contribution is 7.99. The van der Waals surface area contributed by atoms with Gasteiger partial charge in [0.1, 0.15) is 0 Å². The molecule has 0 spiro atoms. The zero-order valence-corrected chi connectivity index (χ0v) is 10.4. The summed E-state index contributed by atoms with van der Waals surface area (Å²) in [5.74, 6) is -1.33. The van der Waals surface area contributed by atoms with E-state index in [2.05, 4.69) is 5.32 Å². The van der Waals surface area contributed by atoms with Crippen molar-refractivity contribution >= 4 is 23.4 Å². The van der Waals surface area contributed by atoms with Crippen LogP contribution in [0.5, 0.6) is 0 Å². The van der Waals surface area contributed by atoms with Gasteiger partial charge in [-0.25, -0.2) is 13.6 Å². The van der Waals surface area contributed by atoms with Gasteiger partial charge in [0.15, 0.2) is 11.6 Å². The molecule has 1 saturated heterocycles. The average molecular weight is 273 g/mol. The molecule has 0 aromatic heterocycles. The average Bonchev–Trinajstić information content (AvgIpc) is 2.83. The van der Waals surface area contributed by atoms with Crippen molar-refractivity contribution < 1.29 is 18.7 Å². The van der Waals surface area contributed by atoms with Crippen molar-refractivity contribution in [2.75, 3.05) is 23.4 Å². The van der Waals surface area contributed by atoms with Crippen LogP contribution < -0.4 is 5.32 Å². The first-order valence-electron chi connectivity index (χ1n) is 5.62. The normalized spacial score (nSPS) is 18.9. The van der Waals surface area contributed by atoms with Crippen LogP contribution in [0.3, 0.4) is 0 Å². The number of hydrogen-bond donors (Lipinski definition) is 2. The van der Waals surface area contributed by atoms with Crippen LogP contribution in [0.4, 0.5) is 14.5 Å². The lowest BCUT2D eigenvalue weighted by Crippen LogP contribution is -2.15. The van der Waals surface area contributed by atoms with Gasteiger partial charge in [-0.1, -0.05) is 0 Å². The molecule has 0 saturated carbocycles. The van der Waals surface area contributed by atoms with E-state index in [-0.39, 0.29) is 5.69 Å². The lowest BCUT2D eigenvalue weighted by molar-refractivity contribution is 0.0690. The van der Waals surface area contributed by atoms with E-state index in [1.165, 1.54) is 6.07 Å². The summed E-state index contributed by atoms with van der Waals surface area (Å²) in [5.41, 5.74) is -0.621. The first kappa shape index (κ1) is 13.1. The molecule has 2 rings (SSSR count). The van der Waals surface area contributed by atoms with Gasteiger partial charge in [-0.15, -0.1) is 0 Å². The van der Waals surface area contributed by atoms with Crippen LogP contribution in [-0.4, -0.2) is 29.1 Å². The number of rotatable bonds is 4. The molecule has 98 valence electrons. The molecule has 3 nitrogen and oxygen atoms in total. The van der Waals surface area contributed by atoms with Crippen LogP contribution in [0.25, 0.3) is 0 Å². The van der Waals surface area contributed by atoms with Crippen molar-refractivity contribution in [3.05, 3.63) is 29.3 Å². The number of carboxylic acids is 1. The summed E-state index contributed by atoms with van der Waals surface area (Å²) in [5, 5.41) is 11.5. The third-order valence-corrected chi connectivity index (χ3v) is 4.15. The summed E-state index contributed by atoms with van der Waals surface area (Å²) in [7, 11) is 0. The third kappa shape index (κ3) is 2.75. The largest absolute Gasteiger partial charge is 0.478 e. The van der Waals surface area contributed by atoms with Gasteiger partial charge in [0.2, 0.25) is 0 Å². The van der Waals surface area contributed by atoms with Crippen molar-refractivity contribution in [2.24, 2.45) is 5.92 Å². The molecule has 1 atom stereocenters. The second-order valence-corrected chi connectivity index (χ2v) is 5.35. The number of benzene rings is 1. The molecule has 18 heavy (non-hydrogen) atoms. The summed E-state index contributed by atoms with van der Waals surface area (Å²) in [4.78, 5) is 10.6. The monoisotopic (exact) mass is 273 g/mol. The van der Waals surface area contributed by atoms with E-state index in [0.29, 0.717) is 12.5 Å². The standard InChI is InChI=1S/C12H13F2NO2S/c13-10-8(12(16)17)1-2-9(11(10)14)15-5-7-3-4-18-6-7/h1-2,7,15H,3-6H2,(H,16,17). The Morgan fingerprint density at radius 1 is 1.44 bits per heavy atom. The molecule has 1 fully saturated rings. The lowest BCUT2D eigenvalue weighted by Gasteiger charge is -2.12. The minimum Gasteiger partial charge on any atom is -0.478 e. The van der Waals surface area contributed by atoms with E-state index < -0.39 is 23.2 Å². The van der Waals surface area contributed by atoms with Crippen LogP contribution in [-0.2, 0) is 0 Å². The van der Waals surface area contributed by atoms with Gasteiger partial charge in [0.25, 0.3) is 0 Å². The van der Waals surface area contributed by atoms with E-state index in [0.717, 1.165) is 24.0 Å². The lowest BCUT2D eigenvalue weighted by atomic mass is 10.1. The number of hydrogen-bond acceptors (Lipinski definition) is 3. The zero-order valence-electron chi connectivity index (χ0n) is 9.58. The molecule has 1 aliphatic heterocycles. The maximum Gasteiger partial charge on any atom is 0.338 e.